The van der Waals surface area contributed by atoms with Gasteiger partial charge in [-0.1, -0.05) is 0 Å². The Bertz CT molecular complexity index is 1150. The number of halogens is 2. The summed E-state index contributed by atoms with van der Waals surface area (Å²) in [7, 11) is 1.20. The largest absolute Gasteiger partial charge is 0.508 e. The number of aromatic nitrogens is 1. The van der Waals surface area contributed by atoms with E-state index < -0.39 is 23.0 Å². The second-order valence-electron chi connectivity index (χ2n) is 6.61. The molecule has 2 N–H and O–H groups in total. The van der Waals surface area contributed by atoms with Gasteiger partial charge in [0.2, 0.25) is 11.2 Å². The number of anilines is 1. The molecule has 2 aromatic carbocycles. The molecule has 144 valence electrons. The van der Waals surface area contributed by atoms with Gasteiger partial charge < -0.3 is 19.7 Å². The van der Waals surface area contributed by atoms with Gasteiger partial charge in [0.05, 0.1) is 18.0 Å². The summed E-state index contributed by atoms with van der Waals surface area (Å²) >= 11 is 0. The number of aromatic hydroxyl groups is 1. The van der Waals surface area contributed by atoms with Crippen molar-refractivity contribution in [1.29, 1.82) is 0 Å². The first kappa shape index (κ1) is 18.0. The standard InChI is InChI=1S/C20H16F2N2O4/c1-28-19-16(22)15(21)8-13-17(19)24(11-4-5-11)9-14(18(13)26)20(27)23-10-2-6-12(25)7-3-10/h2-3,6-9,11,25H,4-5H2,1H3,(H,23,27). The van der Waals surface area contributed by atoms with Crippen LogP contribution in [0, 0.1) is 11.6 Å². The Balaban J connectivity index is 1.89. The van der Waals surface area contributed by atoms with Crippen molar-refractivity contribution in [1.82, 2.24) is 4.57 Å². The minimum absolute atomic E-state index is 0.0258. The Hall–Kier alpha value is -3.42. The quantitative estimate of drug-likeness (QED) is 0.672. The highest BCUT2D eigenvalue weighted by Gasteiger charge is 2.30. The van der Waals surface area contributed by atoms with E-state index in [0.29, 0.717) is 5.69 Å². The highest BCUT2D eigenvalue weighted by molar-refractivity contribution is 6.06. The minimum atomic E-state index is -1.22. The molecule has 1 fully saturated rings. The van der Waals surface area contributed by atoms with Crippen LogP contribution in [0.1, 0.15) is 29.2 Å². The maximum absolute atomic E-state index is 14.2. The van der Waals surface area contributed by atoms with Crippen LogP contribution in [0.5, 0.6) is 11.5 Å². The van der Waals surface area contributed by atoms with Crippen molar-refractivity contribution < 1.29 is 23.4 Å². The van der Waals surface area contributed by atoms with Crippen molar-refractivity contribution in [3.8, 4) is 11.5 Å². The van der Waals surface area contributed by atoms with E-state index in [9.17, 15) is 23.5 Å². The Morgan fingerprint density at radius 1 is 1.25 bits per heavy atom. The molecule has 4 rings (SSSR count). The highest BCUT2D eigenvalue weighted by atomic mass is 19.2. The molecule has 1 heterocycles. The maximum atomic E-state index is 14.2. The lowest BCUT2D eigenvalue weighted by molar-refractivity contribution is 0.102. The molecule has 0 bridgehead atoms. The SMILES string of the molecule is COc1c(F)c(F)cc2c(=O)c(C(=O)Nc3ccc(O)cc3)cn(C3CC3)c12. The zero-order valence-electron chi connectivity index (χ0n) is 14.8. The summed E-state index contributed by atoms with van der Waals surface area (Å²) in [6.07, 6.45) is 2.94. The summed E-state index contributed by atoms with van der Waals surface area (Å²) in [6, 6.07) is 6.51. The smallest absolute Gasteiger partial charge is 0.261 e. The van der Waals surface area contributed by atoms with Gasteiger partial charge >= 0.3 is 0 Å². The summed E-state index contributed by atoms with van der Waals surface area (Å²) in [4.78, 5) is 25.6. The van der Waals surface area contributed by atoms with Crippen molar-refractivity contribution in [2.24, 2.45) is 0 Å². The molecule has 1 saturated carbocycles. The molecule has 8 heteroatoms. The van der Waals surface area contributed by atoms with Crippen molar-refractivity contribution in [2.75, 3.05) is 12.4 Å². The molecule has 0 radical (unpaired) electrons. The summed E-state index contributed by atoms with van der Waals surface area (Å²) in [6.45, 7) is 0. The van der Waals surface area contributed by atoms with Gasteiger partial charge in [0.25, 0.3) is 5.91 Å². The van der Waals surface area contributed by atoms with E-state index in [1.807, 2.05) is 0 Å². The molecule has 3 aromatic rings. The first-order valence-corrected chi connectivity index (χ1v) is 8.62. The van der Waals surface area contributed by atoms with E-state index in [0.717, 1.165) is 18.9 Å². The van der Waals surface area contributed by atoms with E-state index in [1.165, 1.54) is 37.6 Å². The topological polar surface area (TPSA) is 80.6 Å². The monoisotopic (exact) mass is 386 g/mol. The maximum Gasteiger partial charge on any atom is 0.261 e. The fourth-order valence-electron chi connectivity index (χ4n) is 3.16. The molecular formula is C20H16F2N2O4. The zero-order chi connectivity index (χ0) is 20.0. The Morgan fingerprint density at radius 3 is 2.54 bits per heavy atom. The van der Waals surface area contributed by atoms with Gasteiger partial charge in [-0.15, -0.1) is 0 Å². The number of carbonyl (C=O) groups excluding carboxylic acids is 1. The normalized spacial score (nSPS) is 13.5. The summed E-state index contributed by atoms with van der Waals surface area (Å²) < 4.78 is 34.8. The summed E-state index contributed by atoms with van der Waals surface area (Å²) in [5, 5.41) is 11.8. The highest BCUT2D eigenvalue weighted by Crippen LogP contribution is 2.40. The lowest BCUT2D eigenvalue weighted by atomic mass is 10.1. The van der Waals surface area contributed by atoms with Crippen molar-refractivity contribution in [3.05, 3.63) is 63.9 Å². The predicted octanol–water partition coefficient (Wildman–Crippen LogP) is 3.58. The van der Waals surface area contributed by atoms with Gasteiger partial charge in [0, 0.05) is 17.9 Å². The lowest BCUT2D eigenvalue weighted by Crippen LogP contribution is -2.24. The zero-order valence-corrected chi connectivity index (χ0v) is 14.8. The van der Waals surface area contributed by atoms with E-state index in [4.69, 9.17) is 4.74 Å². The first-order valence-electron chi connectivity index (χ1n) is 8.62. The van der Waals surface area contributed by atoms with Crippen LogP contribution < -0.4 is 15.5 Å². The minimum Gasteiger partial charge on any atom is -0.508 e. The molecular weight excluding hydrogens is 370 g/mol. The van der Waals surface area contributed by atoms with Crippen LogP contribution in [0.25, 0.3) is 10.9 Å². The fourth-order valence-corrected chi connectivity index (χ4v) is 3.16. The van der Waals surface area contributed by atoms with Crippen molar-refractivity contribution >= 4 is 22.5 Å². The van der Waals surface area contributed by atoms with E-state index in [1.54, 1.807) is 4.57 Å². The van der Waals surface area contributed by atoms with Crippen molar-refractivity contribution in [3.63, 3.8) is 0 Å². The molecule has 28 heavy (non-hydrogen) atoms. The number of methoxy groups -OCH3 is 1. The molecule has 0 aliphatic heterocycles. The number of fused-ring (bicyclic) bond motifs is 1. The third-order valence-electron chi connectivity index (χ3n) is 4.68. The average molecular weight is 386 g/mol. The van der Waals surface area contributed by atoms with Gasteiger partial charge in [0.15, 0.2) is 11.6 Å². The number of benzene rings is 2. The van der Waals surface area contributed by atoms with E-state index in [-0.39, 0.29) is 34.0 Å². The number of pyridine rings is 1. The van der Waals surface area contributed by atoms with Crippen LogP contribution >= 0.6 is 0 Å². The number of carbonyl (C=O) groups is 1. The molecule has 1 amide bonds. The van der Waals surface area contributed by atoms with Crippen LogP contribution in [-0.4, -0.2) is 22.7 Å². The number of ether oxygens (including phenoxy) is 1. The van der Waals surface area contributed by atoms with Crippen LogP contribution in [-0.2, 0) is 0 Å². The molecule has 6 nitrogen and oxygen atoms in total. The Morgan fingerprint density at radius 2 is 1.93 bits per heavy atom. The van der Waals surface area contributed by atoms with Gasteiger partial charge in [-0.05, 0) is 43.2 Å². The van der Waals surface area contributed by atoms with Gasteiger partial charge in [-0.2, -0.15) is 4.39 Å². The second-order valence-corrected chi connectivity index (χ2v) is 6.61. The first-order chi connectivity index (χ1) is 13.4. The number of hydrogen-bond acceptors (Lipinski definition) is 4. The fraction of sp³-hybridized carbons (Fsp3) is 0.200. The van der Waals surface area contributed by atoms with Gasteiger partial charge in [0.1, 0.15) is 11.3 Å². The van der Waals surface area contributed by atoms with Crippen LogP contribution in [0.2, 0.25) is 0 Å². The molecule has 0 atom stereocenters. The molecule has 1 aromatic heterocycles. The van der Waals surface area contributed by atoms with Crippen LogP contribution in [0.15, 0.2) is 41.3 Å². The van der Waals surface area contributed by atoms with Crippen molar-refractivity contribution in [2.45, 2.75) is 18.9 Å². The number of nitrogens with zero attached hydrogens (tertiary/aromatic N) is 1. The van der Waals surface area contributed by atoms with E-state index in [2.05, 4.69) is 5.32 Å². The predicted molar refractivity (Wildman–Crippen MR) is 99.0 cm³/mol. The number of amides is 1. The van der Waals surface area contributed by atoms with E-state index >= 15 is 0 Å². The second kappa shape index (κ2) is 6.63. The number of hydrogen-bond donors (Lipinski definition) is 2. The van der Waals surface area contributed by atoms with Crippen LogP contribution in [0.4, 0.5) is 14.5 Å². The average Bonchev–Trinajstić information content (AvgIpc) is 3.51. The Labute approximate surface area is 158 Å². The van der Waals surface area contributed by atoms with Gasteiger partial charge in [-0.25, -0.2) is 4.39 Å². The molecule has 0 saturated heterocycles. The summed E-state index contributed by atoms with van der Waals surface area (Å²) in [5.41, 5.74) is -0.404. The van der Waals surface area contributed by atoms with Gasteiger partial charge in [-0.3, -0.25) is 9.59 Å². The molecule has 0 spiro atoms. The molecule has 1 aliphatic carbocycles. The Kier molecular flexibility index (Phi) is 4.26. The number of rotatable bonds is 4. The lowest BCUT2D eigenvalue weighted by Gasteiger charge is -2.16. The third-order valence-corrected chi connectivity index (χ3v) is 4.68. The number of nitrogens with one attached hydrogen (secondary N) is 1. The van der Waals surface area contributed by atoms with Crippen LogP contribution in [0.3, 0.4) is 0 Å². The number of phenolic OH excluding ortho intramolecular Hbond substituents is 1. The third kappa shape index (κ3) is 2.96. The molecule has 1 aliphatic rings. The molecule has 0 unspecified atom stereocenters. The summed E-state index contributed by atoms with van der Waals surface area (Å²) in [5.74, 6) is -3.41. The number of phenols is 1.